The van der Waals surface area contributed by atoms with Crippen molar-refractivity contribution >= 4 is 83.6 Å². The van der Waals surface area contributed by atoms with Crippen LogP contribution >= 0.6 is 11.3 Å². The molecule has 2 saturated carbocycles. The fourth-order valence-corrected chi connectivity index (χ4v) is 16.9. The van der Waals surface area contributed by atoms with Crippen molar-refractivity contribution in [3.8, 4) is 0 Å². The summed E-state index contributed by atoms with van der Waals surface area (Å²) in [6.45, 7) is 41.8. The molecule has 1 aromatic heterocycles. The van der Waals surface area contributed by atoms with Crippen LogP contribution < -0.4 is 31.1 Å². The smallest absolute Gasteiger partial charge is 0.254 e. The Bertz CT molecular complexity index is 3200. The second-order valence-corrected chi connectivity index (χ2v) is 28.1. The number of rotatable bonds is 2. The molecule has 5 heteroatoms. The molecule has 3 nitrogen and oxygen atoms in total. The van der Waals surface area contributed by atoms with Crippen LogP contribution in [0, 0.1) is 27.7 Å². The predicted molar refractivity (Wildman–Crippen MR) is 302 cm³/mol. The first-order chi connectivity index (χ1) is 32.2. The minimum atomic E-state index is -0.0879. The molecule has 5 aromatic carbocycles. The Hall–Kier alpha value is -4.48. The van der Waals surface area contributed by atoms with Crippen LogP contribution in [0.4, 0.5) is 39.1 Å². The van der Waals surface area contributed by atoms with Gasteiger partial charge in [-0.1, -0.05) is 150 Å². The summed E-state index contributed by atoms with van der Waals surface area (Å²) in [6.07, 6.45) is 9.89. The Morgan fingerprint density at radius 3 is 1.70 bits per heavy atom. The summed E-state index contributed by atoms with van der Waals surface area (Å²) in [6, 6.07) is 28.2. The Labute approximate surface area is 420 Å². The first kappa shape index (κ1) is 45.6. The van der Waals surface area contributed by atoms with E-state index >= 15 is 0 Å². The number of nitrogens with zero attached hydrogens (tertiary/aromatic N) is 3. The third kappa shape index (κ3) is 5.81. The van der Waals surface area contributed by atoms with E-state index in [4.69, 9.17) is 0 Å². The molecule has 4 aliphatic heterocycles. The van der Waals surface area contributed by atoms with Crippen molar-refractivity contribution in [1.29, 1.82) is 0 Å². The van der Waals surface area contributed by atoms with Crippen molar-refractivity contribution in [2.24, 2.45) is 0 Å². The van der Waals surface area contributed by atoms with Gasteiger partial charge in [0, 0.05) is 44.0 Å². The van der Waals surface area contributed by atoms with E-state index < -0.39 is 0 Å². The van der Waals surface area contributed by atoms with Crippen LogP contribution in [0.2, 0.25) is 0 Å². The van der Waals surface area contributed by atoms with Crippen molar-refractivity contribution in [3.63, 3.8) is 0 Å². The van der Waals surface area contributed by atoms with Crippen LogP contribution in [-0.2, 0) is 27.1 Å². The highest BCUT2D eigenvalue weighted by Crippen LogP contribution is 2.66. The lowest BCUT2D eigenvalue weighted by atomic mass is 9.33. The van der Waals surface area contributed by atoms with Crippen molar-refractivity contribution < 1.29 is 0 Å². The SMILES string of the molecule is Cc1cc(C)c2c3c1B1c4c(cc(N5c6ccc(C(C)(C)C)cc6C6(C)CCCCC56C)cc4N3C3(C)CCCCC23C)N(c2c(C)cc(C(C)(C)C)cc2C)c2sc3ccc(C(C)(C)C)cc3c21. The van der Waals surface area contributed by atoms with Crippen LogP contribution in [-0.4, -0.2) is 17.8 Å². The third-order valence-corrected chi connectivity index (χ3v) is 21.0. The van der Waals surface area contributed by atoms with Gasteiger partial charge in [-0.25, -0.2) is 0 Å². The third-order valence-electron chi connectivity index (χ3n) is 19.8. The Morgan fingerprint density at radius 1 is 0.493 bits per heavy atom. The molecule has 69 heavy (non-hydrogen) atoms. The fourth-order valence-electron chi connectivity index (χ4n) is 15.7. The molecule has 0 spiro atoms. The van der Waals surface area contributed by atoms with Gasteiger partial charge < -0.3 is 14.7 Å². The summed E-state index contributed by atoms with van der Waals surface area (Å²) in [7, 11) is 0. The fraction of sp³-hybridized carbons (Fsp3) is 0.500. The van der Waals surface area contributed by atoms with E-state index in [1.54, 1.807) is 16.6 Å². The highest BCUT2D eigenvalue weighted by atomic mass is 32.1. The molecule has 2 aliphatic carbocycles. The van der Waals surface area contributed by atoms with E-state index in [2.05, 4.69) is 199 Å². The second-order valence-electron chi connectivity index (χ2n) is 27.1. The van der Waals surface area contributed by atoms with Crippen LogP contribution in [0.5, 0.6) is 0 Å². The zero-order valence-corrected chi connectivity index (χ0v) is 46.2. The molecule has 4 atom stereocenters. The van der Waals surface area contributed by atoms with Crippen LogP contribution in [0.15, 0.2) is 66.7 Å². The maximum atomic E-state index is 3.00. The van der Waals surface area contributed by atoms with E-state index in [1.807, 2.05) is 11.3 Å². The van der Waals surface area contributed by atoms with E-state index in [0.29, 0.717) is 0 Å². The zero-order chi connectivity index (χ0) is 49.1. The van der Waals surface area contributed by atoms with Crippen LogP contribution in [0.3, 0.4) is 0 Å². The van der Waals surface area contributed by atoms with Crippen molar-refractivity contribution in [2.75, 3.05) is 14.7 Å². The van der Waals surface area contributed by atoms with E-state index in [1.165, 1.54) is 150 Å². The lowest BCUT2D eigenvalue weighted by Gasteiger charge is -2.53. The zero-order valence-electron chi connectivity index (χ0n) is 45.3. The van der Waals surface area contributed by atoms with Gasteiger partial charge in [-0.2, -0.15) is 0 Å². The molecule has 2 fully saturated rings. The van der Waals surface area contributed by atoms with Gasteiger partial charge in [-0.15, -0.1) is 11.3 Å². The maximum absolute atomic E-state index is 3.00. The normalized spacial score (nSPS) is 25.7. The molecule has 4 unspecified atom stereocenters. The number of fused-ring (bicyclic) bond motifs is 12. The molecular weight excluding hydrogens is 854 g/mol. The van der Waals surface area contributed by atoms with Crippen molar-refractivity contribution in [1.82, 2.24) is 0 Å². The first-order valence-electron chi connectivity index (χ1n) is 26.8. The van der Waals surface area contributed by atoms with Gasteiger partial charge in [-0.3, -0.25) is 0 Å². The van der Waals surface area contributed by atoms with Crippen LogP contribution in [0.1, 0.15) is 191 Å². The number of hydrogen-bond acceptors (Lipinski definition) is 4. The summed E-state index contributed by atoms with van der Waals surface area (Å²) >= 11 is 2.03. The van der Waals surface area contributed by atoms with Crippen LogP contribution in [0.25, 0.3) is 10.1 Å². The van der Waals surface area contributed by atoms with Gasteiger partial charge in [0.25, 0.3) is 6.71 Å². The van der Waals surface area contributed by atoms with E-state index in [9.17, 15) is 0 Å². The summed E-state index contributed by atoms with van der Waals surface area (Å²) in [4.78, 5) is 8.70. The lowest BCUT2D eigenvalue weighted by molar-refractivity contribution is 0.193. The van der Waals surface area contributed by atoms with Gasteiger partial charge in [0.05, 0.1) is 21.8 Å². The summed E-state index contributed by atoms with van der Waals surface area (Å²) in [5.74, 6) is 0. The molecule has 6 aromatic rings. The van der Waals surface area contributed by atoms with E-state index in [-0.39, 0.29) is 44.9 Å². The predicted octanol–water partition coefficient (Wildman–Crippen LogP) is 16.1. The quantitative estimate of drug-likeness (QED) is 0.160. The molecule has 0 bridgehead atoms. The lowest BCUT2D eigenvalue weighted by Crippen LogP contribution is -2.65. The monoisotopic (exact) mass is 932 g/mol. The molecule has 5 heterocycles. The number of benzene rings is 5. The summed E-state index contributed by atoms with van der Waals surface area (Å²) < 4.78 is 1.39. The molecule has 0 amide bonds. The van der Waals surface area contributed by atoms with Gasteiger partial charge in [0.2, 0.25) is 0 Å². The maximum Gasteiger partial charge on any atom is 0.254 e. The molecule has 358 valence electrons. The molecule has 0 N–H and O–H groups in total. The highest BCUT2D eigenvalue weighted by Gasteiger charge is 2.63. The molecule has 6 aliphatic rings. The second kappa shape index (κ2) is 14.1. The van der Waals surface area contributed by atoms with Gasteiger partial charge >= 0.3 is 0 Å². The molecule has 0 saturated heterocycles. The minimum absolute atomic E-state index is 0.0200. The molecule has 12 rings (SSSR count). The standard InChI is InChI=1S/C64H78BN3S/c1-37-30-38(2)52-56-51(37)62(15)27-19-21-29-64(62,17)68(56)49-36-44(67-47-24-22-42(59(8,9)10)34-46(47)61(14)26-18-20-28-63(61,67)16)35-48-54(49)65(52)53-45-33-41(58(5,6)7)23-25-50(45)69-57(53)66(48)55-39(3)31-43(32-40(55)4)60(11,12)13/h22-25,30-36H,18-21,26-29H2,1-17H3. The average molecular weight is 932 g/mol. The van der Waals surface area contributed by atoms with Gasteiger partial charge in [-0.05, 0) is 174 Å². The van der Waals surface area contributed by atoms with Crippen molar-refractivity contribution in [2.45, 2.75) is 207 Å². The number of aryl methyl sites for hydroxylation is 4. The highest BCUT2D eigenvalue weighted by molar-refractivity contribution is 7.26. The minimum Gasteiger partial charge on any atom is -0.335 e. The first-order valence-corrected chi connectivity index (χ1v) is 27.6. The molecule has 0 radical (unpaired) electrons. The Morgan fingerprint density at radius 2 is 1.06 bits per heavy atom. The average Bonchev–Trinajstić information content (AvgIpc) is 3.81. The topological polar surface area (TPSA) is 9.72 Å². The Balaban J connectivity index is 1.25. The van der Waals surface area contributed by atoms with Crippen molar-refractivity contribution in [3.05, 3.63) is 117 Å². The summed E-state index contributed by atoms with van der Waals surface area (Å²) in [5.41, 5.74) is 26.1. The van der Waals surface area contributed by atoms with Gasteiger partial charge in [0.1, 0.15) is 0 Å². The molecular formula is C64H78BN3S. The van der Waals surface area contributed by atoms with E-state index in [0.717, 1.165) is 0 Å². The number of thiophene rings is 1. The Kier molecular flexibility index (Phi) is 9.35. The number of hydrogen-bond donors (Lipinski definition) is 0. The summed E-state index contributed by atoms with van der Waals surface area (Å²) in [5, 5.41) is 2.83. The number of anilines is 7. The van der Waals surface area contributed by atoms with Gasteiger partial charge in [0.15, 0.2) is 0 Å². The largest absolute Gasteiger partial charge is 0.335 e.